The van der Waals surface area contributed by atoms with E-state index in [1.807, 2.05) is 0 Å². The first-order chi connectivity index (χ1) is 8.70. The lowest BCUT2D eigenvalue weighted by Gasteiger charge is -2.10. The van der Waals surface area contributed by atoms with E-state index in [9.17, 15) is 9.59 Å². The van der Waals surface area contributed by atoms with Gasteiger partial charge in [0, 0.05) is 6.42 Å². The zero-order valence-corrected chi connectivity index (χ0v) is 10.0. The standard InChI is InChI=1S/C13H14O5/c1-16-12(14)9-3-2-4-10(7-9)13(15)18-11-5-6-17-8-11/h2-4,7,11H,5-6,8H2,1H3/t11-/m1/s1. The smallest absolute Gasteiger partial charge is 0.338 e. The summed E-state index contributed by atoms with van der Waals surface area (Å²) in [5, 5.41) is 0. The van der Waals surface area contributed by atoms with E-state index < -0.39 is 11.9 Å². The molecular weight excluding hydrogens is 236 g/mol. The zero-order chi connectivity index (χ0) is 13.0. The van der Waals surface area contributed by atoms with Crippen molar-refractivity contribution in [2.75, 3.05) is 20.3 Å². The molecule has 1 aliphatic rings. The number of hydrogen-bond donors (Lipinski definition) is 0. The van der Waals surface area contributed by atoms with Crippen LogP contribution in [0.15, 0.2) is 24.3 Å². The van der Waals surface area contributed by atoms with E-state index in [-0.39, 0.29) is 6.10 Å². The molecule has 1 heterocycles. The summed E-state index contributed by atoms with van der Waals surface area (Å²) >= 11 is 0. The highest BCUT2D eigenvalue weighted by Crippen LogP contribution is 2.13. The Labute approximate surface area is 105 Å². The van der Waals surface area contributed by atoms with Crippen molar-refractivity contribution < 1.29 is 23.8 Å². The normalized spacial score (nSPS) is 18.4. The minimum Gasteiger partial charge on any atom is -0.465 e. The molecule has 0 radical (unpaired) electrons. The average Bonchev–Trinajstić information content (AvgIpc) is 2.90. The van der Waals surface area contributed by atoms with Crippen LogP contribution < -0.4 is 0 Å². The molecule has 5 nitrogen and oxygen atoms in total. The Morgan fingerprint density at radius 2 is 2.00 bits per heavy atom. The summed E-state index contributed by atoms with van der Waals surface area (Å²) in [7, 11) is 1.29. The Bertz CT molecular complexity index is 448. The topological polar surface area (TPSA) is 61.8 Å². The number of rotatable bonds is 3. The molecule has 0 amide bonds. The molecule has 0 aliphatic carbocycles. The summed E-state index contributed by atoms with van der Waals surface area (Å²) in [6.45, 7) is 1.04. The van der Waals surface area contributed by atoms with Crippen LogP contribution in [0.2, 0.25) is 0 Å². The molecule has 0 saturated carbocycles. The largest absolute Gasteiger partial charge is 0.465 e. The highest BCUT2D eigenvalue weighted by Gasteiger charge is 2.21. The number of carbonyl (C=O) groups excluding carboxylic acids is 2. The monoisotopic (exact) mass is 250 g/mol. The molecule has 18 heavy (non-hydrogen) atoms. The predicted octanol–water partition coefficient (Wildman–Crippen LogP) is 1.42. The molecule has 96 valence electrons. The van der Waals surface area contributed by atoms with Crippen LogP contribution in [0.1, 0.15) is 27.1 Å². The molecule has 1 atom stereocenters. The predicted molar refractivity (Wildman–Crippen MR) is 62.4 cm³/mol. The fourth-order valence-corrected chi connectivity index (χ4v) is 1.72. The van der Waals surface area contributed by atoms with Crippen molar-refractivity contribution in [3.63, 3.8) is 0 Å². The van der Waals surface area contributed by atoms with E-state index in [2.05, 4.69) is 4.74 Å². The number of esters is 2. The second-order valence-corrected chi connectivity index (χ2v) is 3.96. The molecule has 1 aromatic rings. The van der Waals surface area contributed by atoms with E-state index in [1.54, 1.807) is 18.2 Å². The van der Waals surface area contributed by atoms with Gasteiger partial charge in [-0.1, -0.05) is 6.07 Å². The highest BCUT2D eigenvalue weighted by molar-refractivity contribution is 5.95. The number of methoxy groups -OCH3 is 1. The van der Waals surface area contributed by atoms with Crippen LogP contribution >= 0.6 is 0 Å². The van der Waals surface area contributed by atoms with Crippen LogP contribution in [0, 0.1) is 0 Å². The van der Waals surface area contributed by atoms with Crippen LogP contribution in [0.4, 0.5) is 0 Å². The molecule has 0 spiro atoms. The van der Waals surface area contributed by atoms with Crippen molar-refractivity contribution in [2.24, 2.45) is 0 Å². The van der Waals surface area contributed by atoms with Crippen LogP contribution in [0.3, 0.4) is 0 Å². The lowest BCUT2D eigenvalue weighted by molar-refractivity contribution is 0.0270. The fraction of sp³-hybridized carbons (Fsp3) is 0.385. The molecular formula is C13H14O5. The van der Waals surface area contributed by atoms with Gasteiger partial charge < -0.3 is 14.2 Å². The number of ether oxygens (including phenoxy) is 3. The molecule has 1 aliphatic heterocycles. The minimum absolute atomic E-state index is 0.195. The summed E-state index contributed by atoms with van der Waals surface area (Å²) in [6, 6.07) is 6.27. The molecule has 0 unspecified atom stereocenters. The Balaban J connectivity index is 2.07. The minimum atomic E-state index is -0.478. The summed E-state index contributed by atoms with van der Waals surface area (Å²) in [6.07, 6.45) is 0.516. The van der Waals surface area contributed by atoms with Crippen LogP contribution in [0.5, 0.6) is 0 Å². The van der Waals surface area contributed by atoms with E-state index in [1.165, 1.54) is 13.2 Å². The highest BCUT2D eigenvalue weighted by atomic mass is 16.6. The quantitative estimate of drug-likeness (QED) is 0.759. The third-order valence-electron chi connectivity index (χ3n) is 2.68. The maximum atomic E-state index is 11.8. The van der Waals surface area contributed by atoms with E-state index in [0.717, 1.165) is 0 Å². The van der Waals surface area contributed by atoms with Crippen molar-refractivity contribution in [3.8, 4) is 0 Å². The van der Waals surface area contributed by atoms with Gasteiger partial charge in [0.2, 0.25) is 0 Å². The lowest BCUT2D eigenvalue weighted by Crippen LogP contribution is -2.18. The fourth-order valence-electron chi connectivity index (χ4n) is 1.72. The third-order valence-corrected chi connectivity index (χ3v) is 2.68. The van der Waals surface area contributed by atoms with Gasteiger partial charge in [-0.15, -0.1) is 0 Å². The molecule has 1 fully saturated rings. The van der Waals surface area contributed by atoms with Crippen LogP contribution in [0.25, 0.3) is 0 Å². The van der Waals surface area contributed by atoms with Crippen molar-refractivity contribution >= 4 is 11.9 Å². The maximum absolute atomic E-state index is 11.8. The van der Waals surface area contributed by atoms with Crippen molar-refractivity contribution in [2.45, 2.75) is 12.5 Å². The molecule has 1 saturated heterocycles. The second kappa shape index (κ2) is 5.64. The van der Waals surface area contributed by atoms with Gasteiger partial charge >= 0.3 is 11.9 Å². The molecule has 1 aromatic carbocycles. The first-order valence-corrected chi connectivity index (χ1v) is 5.68. The summed E-state index contributed by atoms with van der Waals surface area (Å²) < 4.78 is 15.0. The molecule has 0 bridgehead atoms. The van der Waals surface area contributed by atoms with Crippen LogP contribution in [-0.2, 0) is 14.2 Å². The Kier molecular flexibility index (Phi) is 3.94. The van der Waals surface area contributed by atoms with Gasteiger partial charge in [0.15, 0.2) is 0 Å². The van der Waals surface area contributed by atoms with Gasteiger partial charge in [0.05, 0.1) is 31.5 Å². The third kappa shape index (κ3) is 2.87. The van der Waals surface area contributed by atoms with E-state index >= 15 is 0 Å². The Morgan fingerprint density at radius 1 is 1.28 bits per heavy atom. The lowest BCUT2D eigenvalue weighted by atomic mass is 10.1. The zero-order valence-electron chi connectivity index (χ0n) is 10.0. The molecule has 0 N–H and O–H groups in total. The number of hydrogen-bond acceptors (Lipinski definition) is 5. The summed E-state index contributed by atoms with van der Waals surface area (Å²) in [5.74, 6) is -0.926. The van der Waals surface area contributed by atoms with Gasteiger partial charge in [-0.2, -0.15) is 0 Å². The van der Waals surface area contributed by atoms with Gasteiger partial charge in [0.25, 0.3) is 0 Å². The van der Waals surface area contributed by atoms with Crippen molar-refractivity contribution in [3.05, 3.63) is 35.4 Å². The van der Waals surface area contributed by atoms with Crippen molar-refractivity contribution in [1.82, 2.24) is 0 Å². The SMILES string of the molecule is COC(=O)c1cccc(C(=O)O[C@@H]2CCOC2)c1. The van der Waals surface area contributed by atoms with Crippen molar-refractivity contribution in [1.29, 1.82) is 0 Å². The van der Waals surface area contributed by atoms with E-state index in [0.29, 0.717) is 30.8 Å². The second-order valence-electron chi connectivity index (χ2n) is 3.96. The van der Waals surface area contributed by atoms with Gasteiger partial charge in [0.1, 0.15) is 6.10 Å². The number of benzene rings is 1. The van der Waals surface area contributed by atoms with Gasteiger partial charge in [-0.05, 0) is 18.2 Å². The maximum Gasteiger partial charge on any atom is 0.338 e. The molecule has 0 aromatic heterocycles. The first-order valence-electron chi connectivity index (χ1n) is 5.68. The molecule has 2 rings (SSSR count). The Hall–Kier alpha value is -1.88. The van der Waals surface area contributed by atoms with E-state index in [4.69, 9.17) is 9.47 Å². The summed E-state index contributed by atoms with van der Waals surface area (Å²) in [4.78, 5) is 23.2. The average molecular weight is 250 g/mol. The molecule has 5 heteroatoms. The number of carbonyl (C=O) groups is 2. The van der Waals surface area contributed by atoms with Gasteiger partial charge in [-0.25, -0.2) is 9.59 Å². The van der Waals surface area contributed by atoms with Gasteiger partial charge in [-0.3, -0.25) is 0 Å². The van der Waals surface area contributed by atoms with Crippen LogP contribution in [-0.4, -0.2) is 38.4 Å². The first kappa shape index (κ1) is 12.6. The summed E-state index contributed by atoms with van der Waals surface area (Å²) in [5.41, 5.74) is 0.666. The Morgan fingerprint density at radius 3 is 2.61 bits per heavy atom.